The summed E-state index contributed by atoms with van der Waals surface area (Å²) in [6.45, 7) is 4.17. The van der Waals surface area contributed by atoms with E-state index in [0.29, 0.717) is 18.7 Å². The van der Waals surface area contributed by atoms with Crippen LogP contribution in [0.4, 0.5) is 14.9 Å². The van der Waals surface area contributed by atoms with Crippen LogP contribution in [-0.4, -0.2) is 32.1 Å². The maximum atomic E-state index is 13.6. The predicted molar refractivity (Wildman–Crippen MR) is 98.5 cm³/mol. The van der Waals surface area contributed by atoms with Crippen LogP contribution < -0.4 is 5.32 Å². The van der Waals surface area contributed by atoms with Crippen LogP contribution in [-0.2, 0) is 16.3 Å². The van der Waals surface area contributed by atoms with E-state index >= 15 is 0 Å². The summed E-state index contributed by atoms with van der Waals surface area (Å²) in [6.07, 6.45) is 1.77. The molecule has 2 amide bonds. The number of sulfone groups is 1. The number of halogens is 1. The van der Waals surface area contributed by atoms with Crippen LogP contribution in [0.2, 0.25) is 0 Å². The Hall–Kier alpha value is -2.41. The molecule has 2 aromatic rings. The Morgan fingerprint density at radius 3 is 2.65 bits per heavy atom. The standard InChI is InChI=1S/C19H21FN2O3S/c1-12-4-7-16(26(3,24)25)11-18(12)21-19(23)22-9-8-14-5-6-15(20)10-17(14)13(22)2/h4-7,10-11,13H,8-9H2,1-3H3,(H,21,23)/t13-/m1/s1. The highest BCUT2D eigenvalue weighted by Gasteiger charge is 2.28. The molecule has 2 aromatic carbocycles. The quantitative estimate of drug-likeness (QED) is 0.869. The largest absolute Gasteiger partial charge is 0.322 e. The van der Waals surface area contributed by atoms with Gasteiger partial charge in [-0.05, 0) is 61.2 Å². The minimum absolute atomic E-state index is 0.150. The summed E-state index contributed by atoms with van der Waals surface area (Å²) < 4.78 is 37.1. The highest BCUT2D eigenvalue weighted by Crippen LogP contribution is 2.31. The summed E-state index contributed by atoms with van der Waals surface area (Å²) in [5.41, 5.74) is 3.06. The van der Waals surface area contributed by atoms with Crippen LogP contribution in [0.25, 0.3) is 0 Å². The van der Waals surface area contributed by atoms with Crippen molar-refractivity contribution in [3.05, 3.63) is 58.9 Å². The number of fused-ring (bicyclic) bond motifs is 1. The molecular weight excluding hydrogens is 355 g/mol. The van der Waals surface area contributed by atoms with Crippen LogP contribution in [0.1, 0.15) is 29.7 Å². The number of rotatable bonds is 2. The summed E-state index contributed by atoms with van der Waals surface area (Å²) in [5.74, 6) is -0.324. The first kappa shape index (κ1) is 18.4. The number of carbonyl (C=O) groups is 1. The Morgan fingerprint density at radius 1 is 1.23 bits per heavy atom. The van der Waals surface area contributed by atoms with Gasteiger partial charge in [-0.2, -0.15) is 0 Å². The van der Waals surface area contributed by atoms with Gasteiger partial charge in [0.1, 0.15) is 5.82 Å². The number of nitrogens with zero attached hydrogens (tertiary/aromatic N) is 1. The molecule has 5 nitrogen and oxygen atoms in total. The van der Waals surface area contributed by atoms with Gasteiger partial charge < -0.3 is 10.2 Å². The molecule has 0 saturated carbocycles. The van der Waals surface area contributed by atoms with Crippen LogP contribution in [0.5, 0.6) is 0 Å². The Labute approximate surface area is 152 Å². The van der Waals surface area contributed by atoms with Crippen molar-refractivity contribution in [3.63, 3.8) is 0 Å². The molecule has 1 aliphatic heterocycles. The van der Waals surface area contributed by atoms with Crippen molar-refractivity contribution < 1.29 is 17.6 Å². The fraction of sp³-hybridized carbons (Fsp3) is 0.316. The molecule has 0 aliphatic carbocycles. The molecule has 0 spiro atoms. The van der Waals surface area contributed by atoms with Crippen molar-refractivity contribution in [2.75, 3.05) is 18.1 Å². The average molecular weight is 376 g/mol. The number of nitrogens with one attached hydrogen (secondary N) is 1. The van der Waals surface area contributed by atoms with Gasteiger partial charge in [-0.15, -0.1) is 0 Å². The SMILES string of the molecule is Cc1ccc(S(C)(=O)=O)cc1NC(=O)N1CCc2ccc(F)cc2[C@H]1C. The minimum Gasteiger partial charge on any atom is -0.317 e. The zero-order valence-corrected chi connectivity index (χ0v) is 15.7. The van der Waals surface area contributed by atoms with Crippen LogP contribution in [0, 0.1) is 12.7 Å². The number of hydrogen-bond acceptors (Lipinski definition) is 3. The molecule has 3 rings (SSSR count). The van der Waals surface area contributed by atoms with E-state index in [0.717, 1.165) is 22.9 Å². The van der Waals surface area contributed by atoms with Gasteiger partial charge in [0.15, 0.2) is 9.84 Å². The third-order valence-corrected chi connectivity index (χ3v) is 5.90. The Bertz CT molecular complexity index is 973. The van der Waals surface area contributed by atoms with E-state index in [-0.39, 0.29) is 22.8 Å². The summed E-state index contributed by atoms with van der Waals surface area (Å²) in [6, 6.07) is 8.70. The molecular formula is C19H21FN2O3S. The van der Waals surface area contributed by atoms with E-state index in [2.05, 4.69) is 5.32 Å². The molecule has 1 atom stereocenters. The molecule has 0 saturated heterocycles. The monoisotopic (exact) mass is 376 g/mol. The lowest BCUT2D eigenvalue weighted by atomic mass is 9.94. The van der Waals surface area contributed by atoms with Gasteiger partial charge >= 0.3 is 6.03 Å². The van der Waals surface area contributed by atoms with Gasteiger partial charge in [0.25, 0.3) is 0 Å². The molecule has 7 heteroatoms. The van der Waals surface area contributed by atoms with Gasteiger partial charge in [-0.1, -0.05) is 12.1 Å². The number of carbonyl (C=O) groups excluding carboxylic acids is 1. The number of amides is 2. The Kier molecular flexibility index (Phi) is 4.75. The zero-order valence-electron chi connectivity index (χ0n) is 14.9. The van der Waals surface area contributed by atoms with E-state index in [1.165, 1.54) is 24.3 Å². The molecule has 1 N–H and O–H groups in total. The average Bonchev–Trinajstić information content (AvgIpc) is 2.56. The van der Waals surface area contributed by atoms with Gasteiger partial charge in [0.05, 0.1) is 10.9 Å². The maximum absolute atomic E-state index is 13.6. The smallest absolute Gasteiger partial charge is 0.317 e. The molecule has 1 aliphatic rings. The molecule has 0 unspecified atom stereocenters. The van der Waals surface area contributed by atoms with E-state index in [1.807, 2.05) is 6.92 Å². The number of benzene rings is 2. The molecule has 0 radical (unpaired) electrons. The highest BCUT2D eigenvalue weighted by atomic mass is 32.2. The molecule has 26 heavy (non-hydrogen) atoms. The summed E-state index contributed by atoms with van der Waals surface area (Å²) in [7, 11) is -3.36. The maximum Gasteiger partial charge on any atom is 0.322 e. The molecule has 138 valence electrons. The van der Waals surface area contributed by atoms with E-state index in [4.69, 9.17) is 0 Å². The number of anilines is 1. The van der Waals surface area contributed by atoms with Gasteiger partial charge in [-0.3, -0.25) is 0 Å². The van der Waals surface area contributed by atoms with Gasteiger partial charge in [-0.25, -0.2) is 17.6 Å². The Morgan fingerprint density at radius 2 is 1.96 bits per heavy atom. The molecule has 0 fully saturated rings. The molecule has 1 heterocycles. The normalized spacial score (nSPS) is 16.9. The van der Waals surface area contributed by atoms with E-state index in [1.54, 1.807) is 24.0 Å². The number of hydrogen-bond donors (Lipinski definition) is 1. The predicted octanol–water partition coefficient (Wildman–Crippen LogP) is 3.69. The third-order valence-electron chi connectivity index (χ3n) is 4.79. The van der Waals surface area contributed by atoms with Crippen molar-refractivity contribution in [1.29, 1.82) is 0 Å². The molecule has 0 bridgehead atoms. The summed E-state index contributed by atoms with van der Waals surface area (Å²) in [4.78, 5) is 14.5. The van der Waals surface area contributed by atoms with Gasteiger partial charge in [0, 0.05) is 18.5 Å². The third kappa shape index (κ3) is 3.58. The first-order chi connectivity index (χ1) is 12.2. The van der Waals surface area contributed by atoms with Crippen molar-refractivity contribution >= 4 is 21.6 Å². The molecule has 0 aromatic heterocycles. The fourth-order valence-electron chi connectivity index (χ4n) is 3.22. The van der Waals surface area contributed by atoms with Crippen molar-refractivity contribution in [2.24, 2.45) is 0 Å². The highest BCUT2D eigenvalue weighted by molar-refractivity contribution is 7.90. The summed E-state index contributed by atoms with van der Waals surface area (Å²) >= 11 is 0. The topological polar surface area (TPSA) is 66.5 Å². The van der Waals surface area contributed by atoms with E-state index < -0.39 is 9.84 Å². The first-order valence-corrected chi connectivity index (χ1v) is 10.2. The van der Waals surface area contributed by atoms with E-state index in [9.17, 15) is 17.6 Å². The number of urea groups is 1. The second kappa shape index (κ2) is 6.72. The van der Waals surface area contributed by atoms with Crippen molar-refractivity contribution in [3.8, 4) is 0 Å². The van der Waals surface area contributed by atoms with Crippen molar-refractivity contribution in [1.82, 2.24) is 4.90 Å². The zero-order chi connectivity index (χ0) is 19.1. The fourth-order valence-corrected chi connectivity index (χ4v) is 3.86. The van der Waals surface area contributed by atoms with Crippen LogP contribution >= 0.6 is 0 Å². The van der Waals surface area contributed by atoms with Crippen LogP contribution in [0.15, 0.2) is 41.3 Å². The number of aryl methyl sites for hydroxylation is 1. The Balaban J connectivity index is 1.85. The summed E-state index contributed by atoms with van der Waals surface area (Å²) in [5, 5.41) is 2.80. The lowest BCUT2D eigenvalue weighted by Gasteiger charge is -2.35. The van der Waals surface area contributed by atoms with Crippen LogP contribution in [0.3, 0.4) is 0 Å². The minimum atomic E-state index is -3.36. The second-order valence-electron chi connectivity index (χ2n) is 6.64. The second-order valence-corrected chi connectivity index (χ2v) is 8.66. The first-order valence-electron chi connectivity index (χ1n) is 8.33. The van der Waals surface area contributed by atoms with Gasteiger partial charge in [0.2, 0.25) is 0 Å². The lowest BCUT2D eigenvalue weighted by molar-refractivity contribution is 0.188. The lowest BCUT2D eigenvalue weighted by Crippen LogP contribution is -2.41. The van der Waals surface area contributed by atoms with Crippen molar-refractivity contribution in [2.45, 2.75) is 31.2 Å².